The van der Waals surface area contributed by atoms with E-state index in [2.05, 4.69) is 5.32 Å². The number of carbonyl (C=O) groups is 2. The molecule has 0 saturated carbocycles. The number of amides is 1. The highest BCUT2D eigenvalue weighted by molar-refractivity contribution is 5.88. The number of carboxylic acids is 1. The first-order chi connectivity index (χ1) is 8.32. The molecule has 0 spiro atoms. The molecule has 5 heteroatoms. The summed E-state index contributed by atoms with van der Waals surface area (Å²) in [7, 11) is 0. The van der Waals surface area contributed by atoms with Crippen molar-refractivity contribution in [3.05, 3.63) is 23.2 Å². The molecule has 1 aromatic heterocycles. The van der Waals surface area contributed by atoms with Gasteiger partial charge in [-0.15, -0.1) is 0 Å². The molecule has 1 unspecified atom stereocenters. The van der Waals surface area contributed by atoms with E-state index in [9.17, 15) is 9.59 Å². The lowest BCUT2D eigenvalue weighted by Gasteiger charge is -2.14. The SMILES string of the molecule is Cc1oc(CNC(=O)C(C)C(C)C)cc1C(=O)O. The first kappa shape index (κ1) is 14.3. The van der Waals surface area contributed by atoms with Gasteiger partial charge in [-0.2, -0.15) is 0 Å². The summed E-state index contributed by atoms with van der Waals surface area (Å²) in [5, 5.41) is 11.6. The largest absolute Gasteiger partial charge is 0.478 e. The molecule has 100 valence electrons. The smallest absolute Gasteiger partial charge is 0.339 e. The van der Waals surface area contributed by atoms with Gasteiger partial charge in [0.1, 0.15) is 17.1 Å². The van der Waals surface area contributed by atoms with Gasteiger partial charge in [0.25, 0.3) is 0 Å². The molecule has 0 fully saturated rings. The molecule has 1 rings (SSSR count). The van der Waals surface area contributed by atoms with Gasteiger partial charge >= 0.3 is 5.97 Å². The zero-order valence-electron chi connectivity index (χ0n) is 11.1. The quantitative estimate of drug-likeness (QED) is 0.843. The predicted octanol–water partition coefficient (Wildman–Crippen LogP) is 2.19. The lowest BCUT2D eigenvalue weighted by molar-refractivity contribution is -0.125. The highest BCUT2D eigenvalue weighted by Crippen LogP contribution is 2.15. The van der Waals surface area contributed by atoms with E-state index in [0.717, 1.165) is 0 Å². The number of nitrogens with one attached hydrogen (secondary N) is 1. The van der Waals surface area contributed by atoms with Gasteiger partial charge < -0.3 is 14.8 Å². The Hall–Kier alpha value is -1.78. The predicted molar refractivity (Wildman–Crippen MR) is 66.3 cm³/mol. The monoisotopic (exact) mass is 253 g/mol. The average molecular weight is 253 g/mol. The lowest BCUT2D eigenvalue weighted by Crippen LogP contribution is -2.31. The minimum absolute atomic E-state index is 0.0593. The van der Waals surface area contributed by atoms with Crippen molar-refractivity contribution in [3.63, 3.8) is 0 Å². The van der Waals surface area contributed by atoms with Crippen molar-refractivity contribution < 1.29 is 19.1 Å². The molecule has 18 heavy (non-hydrogen) atoms. The normalized spacial score (nSPS) is 12.5. The molecule has 0 aliphatic heterocycles. The fourth-order valence-electron chi connectivity index (χ4n) is 1.48. The minimum Gasteiger partial charge on any atom is -0.478 e. The summed E-state index contributed by atoms with van der Waals surface area (Å²) in [5.74, 6) is -0.101. The molecule has 0 aliphatic rings. The van der Waals surface area contributed by atoms with E-state index in [1.54, 1.807) is 6.92 Å². The number of carboxylic acid groups (broad SMARTS) is 1. The topological polar surface area (TPSA) is 79.5 Å². The van der Waals surface area contributed by atoms with Crippen LogP contribution in [0.5, 0.6) is 0 Å². The number of aryl methyl sites for hydroxylation is 1. The summed E-state index contributed by atoms with van der Waals surface area (Å²) in [6.07, 6.45) is 0. The highest BCUT2D eigenvalue weighted by atomic mass is 16.4. The van der Waals surface area contributed by atoms with Crippen molar-refractivity contribution in [1.82, 2.24) is 5.32 Å². The van der Waals surface area contributed by atoms with E-state index >= 15 is 0 Å². The first-order valence-electron chi connectivity index (χ1n) is 5.93. The summed E-state index contributed by atoms with van der Waals surface area (Å²) < 4.78 is 5.27. The van der Waals surface area contributed by atoms with E-state index in [1.165, 1.54) is 6.07 Å². The molecule has 0 radical (unpaired) electrons. The van der Waals surface area contributed by atoms with Crippen LogP contribution in [0.25, 0.3) is 0 Å². The zero-order chi connectivity index (χ0) is 13.9. The van der Waals surface area contributed by atoms with Crippen LogP contribution in [-0.2, 0) is 11.3 Å². The third-order valence-corrected chi connectivity index (χ3v) is 3.05. The molecule has 5 nitrogen and oxygen atoms in total. The Morgan fingerprint density at radius 1 is 1.39 bits per heavy atom. The third-order valence-electron chi connectivity index (χ3n) is 3.05. The lowest BCUT2D eigenvalue weighted by atomic mass is 9.97. The average Bonchev–Trinajstić information content (AvgIpc) is 2.66. The van der Waals surface area contributed by atoms with Crippen molar-refractivity contribution in [2.24, 2.45) is 11.8 Å². The van der Waals surface area contributed by atoms with Crippen LogP contribution in [0.3, 0.4) is 0 Å². The maximum atomic E-state index is 11.7. The van der Waals surface area contributed by atoms with Crippen LogP contribution >= 0.6 is 0 Å². The molecule has 1 amide bonds. The number of aromatic carboxylic acids is 1. The molecule has 0 aromatic carbocycles. The van der Waals surface area contributed by atoms with Crippen molar-refractivity contribution in [3.8, 4) is 0 Å². The Balaban J connectivity index is 2.62. The summed E-state index contributed by atoms with van der Waals surface area (Å²) in [4.78, 5) is 22.5. The van der Waals surface area contributed by atoms with E-state index < -0.39 is 5.97 Å². The van der Waals surface area contributed by atoms with Crippen LogP contribution in [0.1, 0.15) is 42.6 Å². The summed E-state index contributed by atoms with van der Waals surface area (Å²) in [5.41, 5.74) is 0.135. The molecule has 2 N–H and O–H groups in total. The van der Waals surface area contributed by atoms with E-state index in [1.807, 2.05) is 20.8 Å². The Bertz CT molecular complexity index is 448. The number of hydrogen-bond acceptors (Lipinski definition) is 3. The minimum atomic E-state index is -1.02. The molecule has 0 saturated heterocycles. The molecule has 0 bridgehead atoms. The van der Waals surface area contributed by atoms with Crippen molar-refractivity contribution in [1.29, 1.82) is 0 Å². The Labute approximate surface area is 106 Å². The molecular weight excluding hydrogens is 234 g/mol. The summed E-state index contributed by atoms with van der Waals surface area (Å²) >= 11 is 0. The van der Waals surface area contributed by atoms with Crippen LogP contribution in [0.15, 0.2) is 10.5 Å². The number of hydrogen-bond donors (Lipinski definition) is 2. The van der Waals surface area contributed by atoms with E-state index in [-0.39, 0.29) is 29.9 Å². The van der Waals surface area contributed by atoms with Crippen LogP contribution in [0.4, 0.5) is 0 Å². The fraction of sp³-hybridized carbons (Fsp3) is 0.538. The van der Waals surface area contributed by atoms with Gasteiger partial charge in [-0.3, -0.25) is 4.79 Å². The number of carbonyl (C=O) groups excluding carboxylic acids is 1. The van der Waals surface area contributed by atoms with Crippen LogP contribution in [0.2, 0.25) is 0 Å². The Morgan fingerprint density at radius 2 is 2.00 bits per heavy atom. The van der Waals surface area contributed by atoms with Crippen molar-refractivity contribution in [2.75, 3.05) is 0 Å². The second-order valence-electron chi connectivity index (χ2n) is 4.74. The molecular formula is C13H19NO4. The van der Waals surface area contributed by atoms with Crippen molar-refractivity contribution in [2.45, 2.75) is 34.2 Å². The molecule has 0 aliphatic carbocycles. The van der Waals surface area contributed by atoms with Gasteiger partial charge in [0, 0.05) is 5.92 Å². The van der Waals surface area contributed by atoms with E-state index in [4.69, 9.17) is 9.52 Å². The van der Waals surface area contributed by atoms with Gasteiger partial charge in [-0.05, 0) is 18.9 Å². The molecule has 1 aromatic rings. The second kappa shape index (κ2) is 5.71. The summed E-state index contributed by atoms with van der Waals surface area (Å²) in [6.45, 7) is 7.61. The molecule has 1 atom stereocenters. The molecule has 1 heterocycles. The maximum absolute atomic E-state index is 11.7. The van der Waals surface area contributed by atoms with Gasteiger partial charge in [0.15, 0.2) is 0 Å². The van der Waals surface area contributed by atoms with Gasteiger partial charge in [-0.25, -0.2) is 4.79 Å². The standard InChI is InChI=1S/C13H19NO4/c1-7(2)8(3)12(15)14-6-10-5-11(13(16)17)9(4)18-10/h5,7-8H,6H2,1-4H3,(H,14,15)(H,16,17). The number of furan rings is 1. The highest BCUT2D eigenvalue weighted by Gasteiger charge is 2.18. The first-order valence-corrected chi connectivity index (χ1v) is 5.93. The van der Waals surface area contributed by atoms with Crippen molar-refractivity contribution >= 4 is 11.9 Å². The van der Waals surface area contributed by atoms with Crippen LogP contribution in [0, 0.1) is 18.8 Å². The Kier molecular flexibility index (Phi) is 4.53. The third kappa shape index (κ3) is 3.35. The van der Waals surface area contributed by atoms with E-state index in [0.29, 0.717) is 11.5 Å². The van der Waals surface area contributed by atoms with Crippen LogP contribution in [-0.4, -0.2) is 17.0 Å². The second-order valence-corrected chi connectivity index (χ2v) is 4.74. The van der Waals surface area contributed by atoms with Gasteiger partial charge in [0.05, 0.1) is 6.54 Å². The Morgan fingerprint density at radius 3 is 2.44 bits per heavy atom. The summed E-state index contributed by atoms with van der Waals surface area (Å²) in [6, 6.07) is 1.44. The zero-order valence-corrected chi connectivity index (χ0v) is 11.1. The maximum Gasteiger partial charge on any atom is 0.339 e. The van der Waals surface area contributed by atoms with Gasteiger partial charge in [0.2, 0.25) is 5.91 Å². The fourth-order valence-corrected chi connectivity index (χ4v) is 1.48. The number of rotatable bonds is 5. The van der Waals surface area contributed by atoms with Crippen LogP contribution < -0.4 is 5.32 Å². The van der Waals surface area contributed by atoms with Gasteiger partial charge in [-0.1, -0.05) is 20.8 Å².